The number of nitrogens with one attached hydrogen (secondary N) is 1. The van der Waals surface area contributed by atoms with Crippen LogP contribution in [0.3, 0.4) is 0 Å². The molecule has 0 atom stereocenters. The van der Waals surface area contributed by atoms with Crippen LogP contribution in [0.4, 0.5) is 0 Å². The second-order valence-corrected chi connectivity index (χ2v) is 4.01. The molecule has 0 unspecified atom stereocenters. The summed E-state index contributed by atoms with van der Waals surface area (Å²) in [6, 6.07) is 4.93. The SMILES string of the molecule is N=C(N)N(CC(=O)O)/N=C\c1cccc(Cl)c1Cl. The van der Waals surface area contributed by atoms with Crippen LogP contribution in [0.15, 0.2) is 23.3 Å². The fourth-order valence-electron chi connectivity index (χ4n) is 1.07. The van der Waals surface area contributed by atoms with Crippen molar-refractivity contribution in [1.82, 2.24) is 5.01 Å². The molecule has 1 aromatic rings. The standard InChI is InChI=1S/C10H10Cl2N4O2/c11-7-3-1-2-6(9(7)12)4-15-16(10(13)14)5-8(17)18/h1-4H,5H2,(H3,13,14)(H,17,18)/b15-4-. The number of carboxylic acid groups (broad SMARTS) is 1. The number of hydrogen-bond acceptors (Lipinski definition) is 3. The topological polar surface area (TPSA) is 103 Å². The van der Waals surface area contributed by atoms with Crippen LogP contribution in [0.25, 0.3) is 0 Å². The lowest BCUT2D eigenvalue weighted by molar-refractivity contribution is -0.137. The summed E-state index contributed by atoms with van der Waals surface area (Å²) in [4.78, 5) is 10.5. The van der Waals surface area contributed by atoms with E-state index in [2.05, 4.69) is 5.10 Å². The zero-order valence-corrected chi connectivity index (χ0v) is 10.6. The highest BCUT2D eigenvalue weighted by molar-refractivity contribution is 6.43. The largest absolute Gasteiger partial charge is 0.480 e. The zero-order valence-electron chi connectivity index (χ0n) is 9.10. The minimum Gasteiger partial charge on any atom is -0.480 e. The van der Waals surface area contributed by atoms with Crippen LogP contribution >= 0.6 is 23.2 Å². The highest BCUT2D eigenvalue weighted by Crippen LogP contribution is 2.24. The van der Waals surface area contributed by atoms with E-state index < -0.39 is 18.5 Å². The van der Waals surface area contributed by atoms with Crippen molar-refractivity contribution in [3.05, 3.63) is 33.8 Å². The highest BCUT2D eigenvalue weighted by atomic mass is 35.5. The van der Waals surface area contributed by atoms with E-state index in [1.807, 2.05) is 0 Å². The molecule has 0 aliphatic rings. The molecule has 8 heteroatoms. The first-order valence-electron chi connectivity index (χ1n) is 4.73. The van der Waals surface area contributed by atoms with Crippen molar-refractivity contribution in [2.24, 2.45) is 10.8 Å². The van der Waals surface area contributed by atoms with E-state index >= 15 is 0 Å². The first-order valence-corrected chi connectivity index (χ1v) is 5.48. The van der Waals surface area contributed by atoms with E-state index in [1.54, 1.807) is 18.2 Å². The van der Waals surface area contributed by atoms with Gasteiger partial charge in [0.25, 0.3) is 0 Å². The summed E-state index contributed by atoms with van der Waals surface area (Å²) in [7, 11) is 0. The first kappa shape index (κ1) is 14.3. The molecule has 0 radical (unpaired) electrons. The summed E-state index contributed by atoms with van der Waals surface area (Å²) < 4.78 is 0. The molecule has 0 saturated carbocycles. The van der Waals surface area contributed by atoms with E-state index in [0.717, 1.165) is 5.01 Å². The van der Waals surface area contributed by atoms with Gasteiger partial charge in [0, 0.05) is 5.56 Å². The maximum Gasteiger partial charge on any atom is 0.325 e. The molecule has 0 heterocycles. The number of nitrogens with two attached hydrogens (primary N) is 1. The van der Waals surface area contributed by atoms with Gasteiger partial charge in [0.2, 0.25) is 5.96 Å². The number of benzene rings is 1. The van der Waals surface area contributed by atoms with Crippen molar-refractivity contribution in [2.45, 2.75) is 0 Å². The number of aliphatic carboxylic acids is 1. The maximum absolute atomic E-state index is 10.5. The Hall–Kier alpha value is -1.79. The smallest absolute Gasteiger partial charge is 0.325 e. The van der Waals surface area contributed by atoms with Gasteiger partial charge in [-0.25, -0.2) is 5.01 Å². The lowest BCUT2D eigenvalue weighted by Gasteiger charge is -2.13. The minimum absolute atomic E-state index is 0.293. The highest BCUT2D eigenvalue weighted by Gasteiger charge is 2.09. The van der Waals surface area contributed by atoms with Gasteiger partial charge in [-0.15, -0.1) is 0 Å². The average Bonchev–Trinajstić information content (AvgIpc) is 2.28. The predicted molar refractivity (Wildman–Crippen MR) is 70.3 cm³/mol. The second-order valence-electron chi connectivity index (χ2n) is 3.22. The molecular weight excluding hydrogens is 279 g/mol. The van der Waals surface area contributed by atoms with Crippen LogP contribution in [0.1, 0.15) is 5.56 Å². The molecule has 0 fully saturated rings. The van der Waals surface area contributed by atoms with Gasteiger partial charge in [-0.1, -0.05) is 35.3 Å². The number of halogens is 2. The molecule has 0 aliphatic carbocycles. The van der Waals surface area contributed by atoms with Crippen LogP contribution in [-0.2, 0) is 4.79 Å². The van der Waals surface area contributed by atoms with Gasteiger partial charge in [-0.3, -0.25) is 10.2 Å². The lowest BCUT2D eigenvalue weighted by atomic mass is 10.2. The van der Waals surface area contributed by atoms with Crippen molar-refractivity contribution in [3.63, 3.8) is 0 Å². The van der Waals surface area contributed by atoms with E-state index in [4.69, 9.17) is 39.5 Å². The summed E-state index contributed by atoms with van der Waals surface area (Å²) in [6.07, 6.45) is 1.29. The Morgan fingerprint density at radius 3 is 2.78 bits per heavy atom. The molecule has 18 heavy (non-hydrogen) atoms. The van der Waals surface area contributed by atoms with Gasteiger partial charge in [0.15, 0.2) is 0 Å². The number of nitrogens with zero attached hydrogens (tertiary/aromatic N) is 2. The number of hydrogen-bond donors (Lipinski definition) is 3. The van der Waals surface area contributed by atoms with E-state index in [1.165, 1.54) is 6.21 Å². The Balaban J connectivity index is 2.92. The van der Waals surface area contributed by atoms with Crippen LogP contribution in [0, 0.1) is 5.41 Å². The third-order valence-corrected chi connectivity index (χ3v) is 2.71. The van der Waals surface area contributed by atoms with Crippen LogP contribution in [-0.4, -0.2) is 34.8 Å². The Morgan fingerprint density at radius 1 is 1.56 bits per heavy atom. The fourth-order valence-corrected chi connectivity index (χ4v) is 1.43. The monoisotopic (exact) mass is 288 g/mol. The van der Waals surface area contributed by atoms with Crippen molar-refractivity contribution >= 4 is 41.3 Å². The molecule has 1 aromatic carbocycles. The molecule has 0 amide bonds. The fraction of sp³-hybridized carbons (Fsp3) is 0.100. The summed E-state index contributed by atoms with van der Waals surface area (Å²) >= 11 is 11.7. The lowest BCUT2D eigenvalue weighted by Crippen LogP contribution is -2.36. The van der Waals surface area contributed by atoms with E-state index in [0.29, 0.717) is 15.6 Å². The van der Waals surface area contributed by atoms with Gasteiger partial charge in [0.05, 0.1) is 16.3 Å². The Morgan fingerprint density at radius 2 is 2.22 bits per heavy atom. The first-order chi connectivity index (χ1) is 8.41. The number of guanidine groups is 1. The third kappa shape index (κ3) is 3.90. The number of carboxylic acids is 1. The van der Waals surface area contributed by atoms with Crippen LogP contribution in [0.2, 0.25) is 10.0 Å². The van der Waals surface area contributed by atoms with Gasteiger partial charge >= 0.3 is 5.97 Å². The quantitative estimate of drug-likeness (QED) is 0.445. The molecule has 0 aliphatic heterocycles. The molecule has 96 valence electrons. The normalized spacial score (nSPS) is 10.6. The Labute approximate surface area is 113 Å². The van der Waals surface area contributed by atoms with E-state index in [-0.39, 0.29) is 0 Å². The molecule has 0 saturated heterocycles. The maximum atomic E-state index is 10.5. The summed E-state index contributed by atoms with van der Waals surface area (Å²) in [6.45, 7) is -0.510. The summed E-state index contributed by atoms with van der Waals surface area (Å²) in [5, 5.41) is 21.0. The number of hydrazone groups is 1. The van der Waals surface area contributed by atoms with Gasteiger partial charge in [0.1, 0.15) is 6.54 Å². The van der Waals surface area contributed by atoms with Crippen molar-refractivity contribution < 1.29 is 9.90 Å². The van der Waals surface area contributed by atoms with Gasteiger partial charge in [-0.2, -0.15) is 5.10 Å². The Bertz CT molecular complexity index is 505. The van der Waals surface area contributed by atoms with Crippen molar-refractivity contribution in [1.29, 1.82) is 5.41 Å². The number of rotatable bonds is 4. The number of carbonyl (C=O) groups is 1. The van der Waals surface area contributed by atoms with E-state index in [9.17, 15) is 4.79 Å². The molecule has 0 spiro atoms. The molecule has 0 bridgehead atoms. The molecule has 1 rings (SSSR count). The zero-order chi connectivity index (χ0) is 13.7. The molecule has 4 N–H and O–H groups in total. The summed E-state index contributed by atoms with van der Waals surface area (Å²) in [5.41, 5.74) is 5.69. The van der Waals surface area contributed by atoms with Crippen molar-refractivity contribution in [2.75, 3.05) is 6.54 Å². The second kappa shape index (κ2) is 6.23. The minimum atomic E-state index is -1.15. The third-order valence-electron chi connectivity index (χ3n) is 1.88. The molecule has 0 aromatic heterocycles. The Kier molecular flexibility index (Phi) is 4.94. The average molecular weight is 289 g/mol. The predicted octanol–water partition coefficient (Wildman–Crippen LogP) is 1.61. The van der Waals surface area contributed by atoms with Gasteiger partial charge < -0.3 is 10.8 Å². The van der Waals surface area contributed by atoms with Crippen LogP contribution < -0.4 is 5.73 Å². The van der Waals surface area contributed by atoms with Crippen molar-refractivity contribution in [3.8, 4) is 0 Å². The summed E-state index contributed by atoms with van der Waals surface area (Å²) in [5.74, 6) is -1.63. The molecular formula is C10H10Cl2N4O2. The van der Waals surface area contributed by atoms with Crippen LogP contribution in [0.5, 0.6) is 0 Å². The molecule has 6 nitrogen and oxygen atoms in total. The van der Waals surface area contributed by atoms with Gasteiger partial charge in [-0.05, 0) is 6.07 Å².